The van der Waals surface area contributed by atoms with Crippen molar-refractivity contribution in [3.8, 4) is 5.88 Å². The van der Waals surface area contributed by atoms with Crippen LogP contribution in [0.3, 0.4) is 0 Å². The molecular formula is C14H16N2O3. The number of carbonyl (C=O) groups is 2. The lowest BCUT2D eigenvalue weighted by molar-refractivity contribution is -0.133. The molecule has 5 heteroatoms. The Morgan fingerprint density at radius 2 is 1.74 bits per heavy atom. The average molecular weight is 260 g/mol. The van der Waals surface area contributed by atoms with E-state index < -0.39 is 0 Å². The summed E-state index contributed by atoms with van der Waals surface area (Å²) in [4.78, 5) is 29.5. The van der Waals surface area contributed by atoms with Crippen LogP contribution in [-0.2, 0) is 9.59 Å². The maximum absolute atomic E-state index is 12.3. The zero-order valence-electron chi connectivity index (χ0n) is 10.6. The number of pyridine rings is 1. The molecule has 0 aromatic carbocycles. The minimum Gasteiger partial charge on any atom is -0.493 e. The third kappa shape index (κ3) is 2.09. The number of piperidine rings is 1. The monoisotopic (exact) mass is 260 g/mol. The minimum atomic E-state index is -0.148. The Balaban J connectivity index is 1.86. The largest absolute Gasteiger partial charge is 0.493 e. The molecule has 19 heavy (non-hydrogen) atoms. The highest BCUT2D eigenvalue weighted by atomic mass is 16.3. The van der Waals surface area contributed by atoms with Crippen LogP contribution in [0, 0.1) is 5.41 Å². The second-order valence-electron chi connectivity index (χ2n) is 5.56. The predicted octanol–water partition coefficient (Wildman–Crippen LogP) is 2.00. The van der Waals surface area contributed by atoms with Gasteiger partial charge < -0.3 is 5.11 Å². The minimum absolute atomic E-state index is 0.0883. The second-order valence-corrected chi connectivity index (χ2v) is 5.56. The van der Waals surface area contributed by atoms with Crippen molar-refractivity contribution >= 4 is 17.5 Å². The number of aromatic hydroxyl groups is 1. The Hall–Kier alpha value is -1.91. The van der Waals surface area contributed by atoms with Gasteiger partial charge in [-0.15, -0.1) is 0 Å². The van der Waals surface area contributed by atoms with Crippen LogP contribution in [0.4, 0.5) is 5.69 Å². The maximum Gasteiger partial charge on any atom is 0.234 e. The van der Waals surface area contributed by atoms with Gasteiger partial charge in [0.25, 0.3) is 0 Å². The molecule has 0 atom stereocenters. The molecule has 5 nitrogen and oxygen atoms in total. The Kier molecular flexibility index (Phi) is 2.77. The summed E-state index contributed by atoms with van der Waals surface area (Å²) in [6.45, 7) is 0. The molecule has 1 saturated carbocycles. The highest BCUT2D eigenvalue weighted by Crippen LogP contribution is 2.47. The fourth-order valence-electron chi connectivity index (χ4n) is 3.28. The van der Waals surface area contributed by atoms with Gasteiger partial charge >= 0.3 is 0 Å². The van der Waals surface area contributed by atoms with E-state index in [2.05, 4.69) is 4.98 Å². The molecule has 1 aliphatic carbocycles. The van der Waals surface area contributed by atoms with E-state index in [9.17, 15) is 9.59 Å². The van der Waals surface area contributed by atoms with Crippen molar-refractivity contribution in [1.82, 2.24) is 4.98 Å². The summed E-state index contributed by atoms with van der Waals surface area (Å²) in [6, 6.07) is 2.93. The Labute approximate surface area is 111 Å². The van der Waals surface area contributed by atoms with Gasteiger partial charge in [-0.25, -0.2) is 9.88 Å². The van der Waals surface area contributed by atoms with Crippen LogP contribution in [0.2, 0.25) is 0 Å². The van der Waals surface area contributed by atoms with Crippen LogP contribution in [0.15, 0.2) is 18.3 Å². The fourth-order valence-corrected chi connectivity index (χ4v) is 3.28. The second kappa shape index (κ2) is 4.33. The number of aromatic nitrogens is 1. The molecule has 0 radical (unpaired) electrons. The van der Waals surface area contributed by atoms with E-state index in [1.165, 1.54) is 17.2 Å². The Morgan fingerprint density at radius 1 is 1.11 bits per heavy atom. The van der Waals surface area contributed by atoms with Crippen LogP contribution in [-0.4, -0.2) is 21.9 Å². The summed E-state index contributed by atoms with van der Waals surface area (Å²) in [7, 11) is 0. The lowest BCUT2D eigenvalue weighted by Gasteiger charge is -2.37. The lowest BCUT2D eigenvalue weighted by atomic mass is 9.76. The molecule has 100 valence electrons. The van der Waals surface area contributed by atoms with Crippen molar-refractivity contribution in [3.05, 3.63) is 18.3 Å². The van der Waals surface area contributed by atoms with E-state index >= 15 is 0 Å². The molecule has 3 rings (SSSR count). The van der Waals surface area contributed by atoms with Gasteiger partial charge in [-0.1, -0.05) is 12.8 Å². The van der Waals surface area contributed by atoms with Gasteiger partial charge in [-0.05, 0) is 24.3 Å². The third-order valence-corrected chi connectivity index (χ3v) is 4.21. The molecule has 2 amide bonds. The molecule has 1 spiro atoms. The van der Waals surface area contributed by atoms with Crippen LogP contribution in [0.5, 0.6) is 5.88 Å². The number of hydrogen-bond donors (Lipinski definition) is 1. The smallest absolute Gasteiger partial charge is 0.234 e. The first-order chi connectivity index (χ1) is 9.10. The highest BCUT2D eigenvalue weighted by Gasteiger charge is 2.45. The van der Waals surface area contributed by atoms with Crippen molar-refractivity contribution < 1.29 is 14.7 Å². The van der Waals surface area contributed by atoms with E-state index in [1.54, 1.807) is 6.07 Å². The summed E-state index contributed by atoms with van der Waals surface area (Å²) in [5.74, 6) is -0.413. The van der Waals surface area contributed by atoms with Crippen molar-refractivity contribution in [2.24, 2.45) is 5.41 Å². The number of rotatable bonds is 1. The summed E-state index contributed by atoms with van der Waals surface area (Å²) < 4.78 is 0. The first-order valence-electron chi connectivity index (χ1n) is 6.61. The average Bonchev–Trinajstić information content (AvgIpc) is 2.78. The van der Waals surface area contributed by atoms with Crippen molar-refractivity contribution in [2.75, 3.05) is 4.90 Å². The molecule has 2 aliphatic rings. The summed E-state index contributed by atoms with van der Waals surface area (Å²) >= 11 is 0. The van der Waals surface area contributed by atoms with Gasteiger partial charge in [-0.3, -0.25) is 9.59 Å². The predicted molar refractivity (Wildman–Crippen MR) is 68.5 cm³/mol. The number of anilines is 1. The highest BCUT2D eigenvalue weighted by molar-refractivity contribution is 6.16. The fraction of sp³-hybridized carbons (Fsp3) is 0.500. The Bertz CT molecular complexity index is 498. The van der Waals surface area contributed by atoms with Crippen LogP contribution < -0.4 is 4.90 Å². The molecule has 1 aromatic rings. The number of carbonyl (C=O) groups excluding carboxylic acids is 2. The standard InChI is InChI=1S/C14H16N2O3/c17-11-4-3-10(9-15-11)16-12(18)7-14(8-13(16)19)5-1-2-6-14/h3-4,9H,1-2,5-8H2,(H,15,17). The molecular weight excluding hydrogens is 244 g/mol. The summed E-state index contributed by atoms with van der Waals surface area (Å²) in [6.07, 6.45) is 6.43. The van der Waals surface area contributed by atoms with E-state index in [0.29, 0.717) is 18.5 Å². The number of amides is 2. The van der Waals surface area contributed by atoms with E-state index in [1.807, 2.05) is 0 Å². The molecule has 2 fully saturated rings. The van der Waals surface area contributed by atoms with Crippen molar-refractivity contribution in [3.63, 3.8) is 0 Å². The first kappa shape index (κ1) is 12.1. The maximum atomic E-state index is 12.3. The summed E-state index contributed by atoms with van der Waals surface area (Å²) in [5.41, 5.74) is 0.357. The van der Waals surface area contributed by atoms with Gasteiger partial charge in [-0.2, -0.15) is 0 Å². The first-order valence-corrected chi connectivity index (χ1v) is 6.61. The van der Waals surface area contributed by atoms with E-state index in [4.69, 9.17) is 5.11 Å². The quantitative estimate of drug-likeness (QED) is 0.784. The van der Waals surface area contributed by atoms with E-state index in [-0.39, 0.29) is 23.1 Å². The SMILES string of the molecule is O=C1CC2(CCCC2)CC(=O)N1c1ccc(O)nc1. The van der Waals surface area contributed by atoms with Crippen molar-refractivity contribution in [2.45, 2.75) is 38.5 Å². The zero-order chi connectivity index (χ0) is 13.5. The molecule has 0 unspecified atom stereocenters. The van der Waals surface area contributed by atoms with Gasteiger partial charge in [0.2, 0.25) is 17.7 Å². The van der Waals surface area contributed by atoms with Crippen LogP contribution in [0.25, 0.3) is 0 Å². The number of imide groups is 1. The molecule has 1 N–H and O–H groups in total. The van der Waals surface area contributed by atoms with Crippen molar-refractivity contribution in [1.29, 1.82) is 0 Å². The molecule has 1 aromatic heterocycles. The van der Waals surface area contributed by atoms with Gasteiger partial charge in [0.15, 0.2) is 0 Å². The van der Waals surface area contributed by atoms with Gasteiger partial charge in [0.05, 0.1) is 11.9 Å². The zero-order valence-corrected chi connectivity index (χ0v) is 10.6. The van der Waals surface area contributed by atoms with E-state index in [0.717, 1.165) is 25.7 Å². The van der Waals surface area contributed by atoms with Gasteiger partial charge in [0.1, 0.15) is 0 Å². The molecule has 1 saturated heterocycles. The summed E-state index contributed by atoms with van der Waals surface area (Å²) in [5, 5.41) is 9.15. The van der Waals surface area contributed by atoms with Gasteiger partial charge in [0, 0.05) is 18.9 Å². The third-order valence-electron chi connectivity index (χ3n) is 4.21. The Morgan fingerprint density at radius 3 is 2.26 bits per heavy atom. The number of hydrogen-bond acceptors (Lipinski definition) is 4. The normalized spacial score (nSPS) is 22.2. The van der Waals surface area contributed by atoms with Crippen LogP contribution in [0.1, 0.15) is 38.5 Å². The number of nitrogens with zero attached hydrogens (tertiary/aromatic N) is 2. The molecule has 0 bridgehead atoms. The van der Waals surface area contributed by atoms with Crippen LogP contribution >= 0.6 is 0 Å². The lowest BCUT2D eigenvalue weighted by Crippen LogP contribution is -2.47. The molecule has 2 heterocycles. The topological polar surface area (TPSA) is 70.5 Å². The molecule has 1 aliphatic heterocycles.